The lowest BCUT2D eigenvalue weighted by molar-refractivity contribution is -0.118. The second kappa shape index (κ2) is 8.66. The molecule has 0 fully saturated rings. The molecule has 7 heteroatoms. The van der Waals surface area contributed by atoms with E-state index in [1.54, 1.807) is 24.3 Å². The van der Waals surface area contributed by atoms with Crippen LogP contribution >= 0.6 is 38.9 Å². The summed E-state index contributed by atoms with van der Waals surface area (Å²) in [6.07, 6.45) is 0.847. The summed E-state index contributed by atoms with van der Waals surface area (Å²) in [7, 11) is 0. The number of rotatable bonds is 6. The first-order valence-electron chi connectivity index (χ1n) is 7.99. The van der Waals surface area contributed by atoms with E-state index in [1.165, 1.54) is 11.3 Å². The van der Waals surface area contributed by atoms with Crippen LogP contribution in [0, 0.1) is 0 Å². The smallest absolute Gasteiger partial charge is 0.264 e. The topological polar surface area (TPSA) is 51.2 Å². The van der Waals surface area contributed by atoms with E-state index in [4.69, 9.17) is 16.3 Å². The van der Waals surface area contributed by atoms with Crippen LogP contribution in [0.3, 0.4) is 0 Å². The fourth-order valence-corrected chi connectivity index (χ4v) is 3.64. The molecule has 3 rings (SSSR count). The van der Waals surface area contributed by atoms with Gasteiger partial charge in [-0.15, -0.1) is 11.3 Å². The molecule has 1 N–H and O–H groups in total. The third kappa shape index (κ3) is 4.84. The molecule has 1 aromatic heterocycles. The maximum atomic E-state index is 12.1. The molecule has 0 aliphatic carbocycles. The molecule has 0 saturated carbocycles. The van der Waals surface area contributed by atoms with E-state index in [2.05, 4.69) is 33.2 Å². The summed E-state index contributed by atoms with van der Waals surface area (Å²) in [4.78, 5) is 17.9. The van der Waals surface area contributed by atoms with E-state index < -0.39 is 0 Å². The number of aromatic nitrogens is 1. The average Bonchev–Trinajstić information content (AvgIpc) is 3.04. The highest BCUT2D eigenvalue weighted by Gasteiger charge is 2.14. The van der Waals surface area contributed by atoms with Gasteiger partial charge in [0.05, 0.1) is 5.69 Å². The predicted octanol–water partition coefficient (Wildman–Crippen LogP) is 5.81. The normalized spacial score (nSPS) is 10.6. The summed E-state index contributed by atoms with van der Waals surface area (Å²) in [5, 5.41) is 4.00. The Hall–Kier alpha value is -1.89. The summed E-state index contributed by atoms with van der Waals surface area (Å²) in [6.45, 7) is 1.99. The van der Waals surface area contributed by atoms with Gasteiger partial charge >= 0.3 is 0 Å². The molecule has 3 aromatic rings. The lowest BCUT2D eigenvalue weighted by Gasteiger charge is -2.05. The zero-order chi connectivity index (χ0) is 18.5. The highest BCUT2D eigenvalue weighted by molar-refractivity contribution is 9.10. The van der Waals surface area contributed by atoms with Crippen molar-refractivity contribution >= 4 is 49.9 Å². The fraction of sp³-hybridized carbons (Fsp3) is 0.158. The van der Waals surface area contributed by atoms with Crippen LogP contribution in [0.5, 0.6) is 5.75 Å². The third-order valence-corrected chi connectivity index (χ3v) is 5.46. The van der Waals surface area contributed by atoms with E-state index in [0.29, 0.717) is 15.9 Å². The fourth-order valence-electron chi connectivity index (χ4n) is 2.31. The molecule has 1 heterocycles. The maximum Gasteiger partial charge on any atom is 0.264 e. The first-order valence-corrected chi connectivity index (χ1v) is 9.97. The highest BCUT2D eigenvalue weighted by Crippen LogP contribution is 2.32. The van der Waals surface area contributed by atoms with E-state index in [-0.39, 0.29) is 12.5 Å². The van der Waals surface area contributed by atoms with Crippen molar-refractivity contribution in [3.63, 3.8) is 0 Å². The van der Waals surface area contributed by atoms with Gasteiger partial charge in [0.15, 0.2) is 11.7 Å². The van der Waals surface area contributed by atoms with Crippen molar-refractivity contribution in [2.75, 3.05) is 11.9 Å². The van der Waals surface area contributed by atoms with Gasteiger partial charge in [-0.3, -0.25) is 10.1 Å². The van der Waals surface area contributed by atoms with Crippen LogP contribution in [-0.2, 0) is 11.2 Å². The van der Waals surface area contributed by atoms with E-state index >= 15 is 0 Å². The summed E-state index contributed by atoms with van der Waals surface area (Å²) in [5.41, 5.74) is 1.93. The molecule has 0 saturated heterocycles. The van der Waals surface area contributed by atoms with Gasteiger partial charge in [0.2, 0.25) is 0 Å². The zero-order valence-corrected chi connectivity index (χ0v) is 17.1. The quantitative estimate of drug-likeness (QED) is 0.515. The van der Waals surface area contributed by atoms with E-state index in [9.17, 15) is 4.79 Å². The molecule has 1 amide bonds. The number of carbonyl (C=O) groups is 1. The number of hydrogen-bond donors (Lipinski definition) is 1. The zero-order valence-electron chi connectivity index (χ0n) is 14.0. The van der Waals surface area contributed by atoms with Crippen molar-refractivity contribution in [1.82, 2.24) is 4.98 Å². The summed E-state index contributed by atoms with van der Waals surface area (Å²) >= 11 is 10.7. The molecular weight excluding hydrogens is 436 g/mol. The van der Waals surface area contributed by atoms with Gasteiger partial charge in [0, 0.05) is 19.9 Å². The third-order valence-electron chi connectivity index (χ3n) is 3.57. The van der Waals surface area contributed by atoms with Crippen LogP contribution in [0.25, 0.3) is 11.3 Å². The molecule has 0 spiro atoms. The van der Waals surface area contributed by atoms with Gasteiger partial charge in [0.25, 0.3) is 5.91 Å². The van der Waals surface area contributed by atoms with Crippen LogP contribution < -0.4 is 10.1 Å². The van der Waals surface area contributed by atoms with Crippen LogP contribution in [0.15, 0.2) is 53.0 Å². The molecule has 4 nitrogen and oxygen atoms in total. The number of nitrogens with zero attached hydrogens (tertiary/aromatic N) is 1. The molecule has 0 bridgehead atoms. The second-order valence-electron chi connectivity index (χ2n) is 5.44. The monoisotopic (exact) mass is 450 g/mol. The van der Waals surface area contributed by atoms with Gasteiger partial charge < -0.3 is 4.74 Å². The van der Waals surface area contributed by atoms with Crippen LogP contribution in [-0.4, -0.2) is 17.5 Å². The Morgan fingerprint density at radius 3 is 2.54 bits per heavy atom. The Balaban J connectivity index is 1.66. The summed E-state index contributed by atoms with van der Waals surface area (Å²) in [5.74, 6) is 0.340. The van der Waals surface area contributed by atoms with Crippen molar-refractivity contribution in [3.8, 4) is 17.0 Å². The highest BCUT2D eigenvalue weighted by atomic mass is 79.9. The number of aryl methyl sites for hydroxylation is 1. The van der Waals surface area contributed by atoms with Crippen LogP contribution in [0.1, 0.15) is 11.8 Å². The number of nitrogens with one attached hydrogen (secondary N) is 1. The van der Waals surface area contributed by atoms with Gasteiger partial charge in [-0.2, -0.15) is 0 Å². The maximum absolute atomic E-state index is 12.1. The van der Waals surface area contributed by atoms with Gasteiger partial charge in [0.1, 0.15) is 5.75 Å². The van der Waals surface area contributed by atoms with Gasteiger partial charge in [-0.1, -0.05) is 46.6 Å². The minimum Gasteiger partial charge on any atom is -0.484 e. The number of ether oxygens (including phenoxy) is 1. The number of carbonyl (C=O) groups excluding carboxylic acids is 1. The first-order chi connectivity index (χ1) is 12.5. The van der Waals surface area contributed by atoms with Crippen LogP contribution in [0.4, 0.5) is 5.13 Å². The number of thiazole rings is 1. The molecular formula is C19H16BrClN2O2S. The van der Waals surface area contributed by atoms with Crippen molar-refractivity contribution in [3.05, 3.63) is 62.9 Å². The Bertz CT molecular complexity index is 895. The lowest BCUT2D eigenvalue weighted by atomic mass is 10.1. The standard InChI is InChI=1S/C19H16BrClN2O2S/c1-2-16-18(12-3-5-13(20)6-4-12)23-19(26-16)22-17(24)11-25-15-9-7-14(21)8-10-15/h3-10H,2,11H2,1H3,(H,22,23,24). The SMILES string of the molecule is CCc1sc(NC(=O)COc2ccc(Cl)cc2)nc1-c1ccc(Br)cc1. The molecule has 2 aromatic carbocycles. The number of anilines is 1. The Morgan fingerprint density at radius 2 is 1.88 bits per heavy atom. The average molecular weight is 452 g/mol. The number of hydrogen-bond acceptors (Lipinski definition) is 4. The lowest BCUT2D eigenvalue weighted by Crippen LogP contribution is -2.20. The minimum atomic E-state index is -0.251. The Morgan fingerprint density at radius 1 is 1.19 bits per heavy atom. The molecule has 0 unspecified atom stereocenters. The predicted molar refractivity (Wildman–Crippen MR) is 110 cm³/mol. The van der Waals surface area contributed by atoms with Crippen LogP contribution in [0.2, 0.25) is 5.02 Å². The molecule has 26 heavy (non-hydrogen) atoms. The molecule has 0 radical (unpaired) electrons. The molecule has 0 aliphatic heterocycles. The molecule has 0 aliphatic rings. The van der Waals surface area contributed by atoms with Crippen molar-refractivity contribution < 1.29 is 9.53 Å². The number of halogens is 2. The number of amides is 1. The summed E-state index contributed by atoms with van der Waals surface area (Å²) < 4.78 is 6.47. The summed E-state index contributed by atoms with van der Waals surface area (Å²) in [6, 6.07) is 14.8. The Labute approximate surface area is 169 Å². The van der Waals surface area contributed by atoms with Crippen molar-refractivity contribution in [1.29, 1.82) is 0 Å². The van der Waals surface area contributed by atoms with E-state index in [1.807, 2.05) is 24.3 Å². The molecule has 134 valence electrons. The largest absolute Gasteiger partial charge is 0.484 e. The van der Waals surface area contributed by atoms with Gasteiger partial charge in [-0.25, -0.2) is 4.98 Å². The Kier molecular flexibility index (Phi) is 6.29. The minimum absolute atomic E-state index is 0.0870. The number of benzene rings is 2. The second-order valence-corrected chi connectivity index (χ2v) is 7.88. The van der Waals surface area contributed by atoms with Gasteiger partial charge in [-0.05, 0) is 42.8 Å². The molecule has 0 atom stereocenters. The van der Waals surface area contributed by atoms with E-state index in [0.717, 1.165) is 27.0 Å². The van der Waals surface area contributed by atoms with Crippen molar-refractivity contribution in [2.24, 2.45) is 0 Å². The first kappa shape index (κ1) is 18.9. The van der Waals surface area contributed by atoms with Crippen molar-refractivity contribution in [2.45, 2.75) is 13.3 Å².